The molecule has 0 radical (unpaired) electrons. The second kappa shape index (κ2) is 11.0. The molecule has 2 aromatic rings. The first-order valence-corrected chi connectivity index (χ1v) is 12.2. The predicted octanol–water partition coefficient (Wildman–Crippen LogP) is 5.45. The zero-order chi connectivity index (χ0) is 22.2. The molecule has 1 aliphatic heterocycles. The molecule has 174 valence electrons. The van der Waals surface area contributed by atoms with Crippen molar-refractivity contribution in [2.45, 2.75) is 70.8 Å². The molecule has 3 heterocycles. The van der Waals surface area contributed by atoms with E-state index in [1.807, 2.05) is 6.20 Å². The maximum absolute atomic E-state index is 12.1. The molecule has 2 fully saturated rings. The van der Waals surface area contributed by atoms with Gasteiger partial charge in [-0.2, -0.15) is 0 Å². The number of esters is 1. The van der Waals surface area contributed by atoms with Gasteiger partial charge in [0.2, 0.25) is 5.76 Å². The first-order valence-electron chi connectivity index (χ1n) is 12.2. The Kier molecular flexibility index (Phi) is 7.85. The molecular formula is C26H37N3O3. The molecule has 6 heteroatoms. The van der Waals surface area contributed by atoms with Crippen molar-refractivity contribution in [1.82, 2.24) is 9.88 Å². The minimum atomic E-state index is -0.349. The number of nitrogens with one attached hydrogen (secondary N) is 1. The number of likely N-dealkylation sites (tertiary alicyclic amines) is 1. The first kappa shape index (κ1) is 22.8. The topological polar surface area (TPSA) is 67.6 Å². The number of furan rings is 1. The second-order valence-electron chi connectivity index (χ2n) is 9.65. The normalized spacial score (nSPS) is 19.5. The number of hydrogen-bond acceptors (Lipinski definition) is 6. The van der Waals surface area contributed by atoms with E-state index in [0.29, 0.717) is 23.8 Å². The smallest absolute Gasteiger partial charge is 0.374 e. The molecular weight excluding hydrogens is 402 g/mol. The van der Waals surface area contributed by atoms with Crippen molar-refractivity contribution in [3.8, 4) is 0 Å². The maximum atomic E-state index is 12.1. The molecule has 2 aromatic heterocycles. The van der Waals surface area contributed by atoms with E-state index in [-0.39, 0.29) is 5.97 Å². The van der Waals surface area contributed by atoms with Crippen molar-refractivity contribution in [3.63, 3.8) is 0 Å². The number of nitrogens with zero attached hydrogens (tertiary/aromatic N) is 2. The Hall–Kier alpha value is -2.34. The number of anilines is 1. The van der Waals surface area contributed by atoms with E-state index in [2.05, 4.69) is 34.3 Å². The minimum absolute atomic E-state index is 0.292. The zero-order valence-electron chi connectivity index (χ0n) is 19.4. The number of carbonyl (C=O) groups excluding carboxylic acids is 1. The van der Waals surface area contributed by atoms with Crippen LogP contribution < -0.4 is 5.32 Å². The molecule has 0 atom stereocenters. The van der Waals surface area contributed by atoms with Crippen LogP contribution in [0.4, 0.5) is 5.82 Å². The standard InChI is InChI=1S/C26H37N3O3/c1-21-7-8-24(27-20-21)28-22-9-15-29(16-10-22)17-13-26(11-3-2-4-12-26)14-19-32-25(30)23-6-5-18-31-23/h5-8,18,20,22H,2-4,9-17,19H2,1H3,(H,27,28). The van der Waals surface area contributed by atoms with Crippen LogP contribution in [0.5, 0.6) is 0 Å². The fraction of sp³-hybridized carbons (Fsp3) is 0.615. The Balaban J connectivity index is 1.21. The summed E-state index contributed by atoms with van der Waals surface area (Å²) in [5.41, 5.74) is 1.50. The van der Waals surface area contributed by atoms with Crippen molar-refractivity contribution < 1.29 is 13.9 Å². The van der Waals surface area contributed by atoms with E-state index < -0.39 is 0 Å². The summed E-state index contributed by atoms with van der Waals surface area (Å²) in [5, 5.41) is 3.60. The molecule has 0 aromatic carbocycles. The third-order valence-corrected chi connectivity index (χ3v) is 7.31. The van der Waals surface area contributed by atoms with Gasteiger partial charge in [-0.15, -0.1) is 0 Å². The van der Waals surface area contributed by atoms with Gasteiger partial charge in [0.1, 0.15) is 5.82 Å². The number of aryl methyl sites for hydroxylation is 1. The molecule has 2 aliphatic rings. The summed E-state index contributed by atoms with van der Waals surface area (Å²) in [6.45, 7) is 5.95. The monoisotopic (exact) mass is 439 g/mol. The fourth-order valence-electron chi connectivity index (χ4n) is 5.21. The molecule has 6 nitrogen and oxygen atoms in total. The van der Waals surface area contributed by atoms with Crippen LogP contribution in [-0.2, 0) is 4.74 Å². The minimum Gasteiger partial charge on any atom is -0.460 e. The van der Waals surface area contributed by atoms with Gasteiger partial charge in [0.25, 0.3) is 0 Å². The maximum Gasteiger partial charge on any atom is 0.374 e. The van der Waals surface area contributed by atoms with Crippen molar-refractivity contribution in [2.75, 3.05) is 31.6 Å². The molecule has 1 saturated heterocycles. The summed E-state index contributed by atoms with van der Waals surface area (Å²) >= 11 is 0. The number of rotatable bonds is 9. The van der Waals surface area contributed by atoms with E-state index in [4.69, 9.17) is 9.15 Å². The van der Waals surface area contributed by atoms with Crippen LogP contribution in [0.25, 0.3) is 0 Å². The van der Waals surface area contributed by atoms with Crippen LogP contribution in [0.1, 0.15) is 73.9 Å². The lowest BCUT2D eigenvalue weighted by Gasteiger charge is -2.40. The van der Waals surface area contributed by atoms with Gasteiger partial charge in [0.05, 0.1) is 12.9 Å². The quantitative estimate of drug-likeness (QED) is 0.524. The lowest BCUT2D eigenvalue weighted by atomic mass is 9.69. The number of hydrogen-bond donors (Lipinski definition) is 1. The fourth-order valence-corrected chi connectivity index (χ4v) is 5.21. The van der Waals surface area contributed by atoms with Gasteiger partial charge in [-0.3, -0.25) is 0 Å². The summed E-state index contributed by atoms with van der Waals surface area (Å²) in [6.07, 6.45) is 14.3. The Morgan fingerprint density at radius 2 is 2.00 bits per heavy atom. The van der Waals surface area contributed by atoms with Gasteiger partial charge in [-0.05, 0) is 81.2 Å². The van der Waals surface area contributed by atoms with Gasteiger partial charge in [0.15, 0.2) is 0 Å². The van der Waals surface area contributed by atoms with Crippen LogP contribution in [0.15, 0.2) is 41.1 Å². The third-order valence-electron chi connectivity index (χ3n) is 7.31. The first-order chi connectivity index (χ1) is 15.6. The molecule has 1 N–H and O–H groups in total. The van der Waals surface area contributed by atoms with Crippen LogP contribution in [0, 0.1) is 12.3 Å². The number of carbonyl (C=O) groups is 1. The summed E-state index contributed by atoms with van der Waals surface area (Å²) in [7, 11) is 0. The van der Waals surface area contributed by atoms with E-state index >= 15 is 0 Å². The second-order valence-corrected chi connectivity index (χ2v) is 9.65. The van der Waals surface area contributed by atoms with E-state index in [1.165, 1.54) is 50.4 Å². The largest absolute Gasteiger partial charge is 0.460 e. The predicted molar refractivity (Wildman–Crippen MR) is 126 cm³/mol. The highest BCUT2D eigenvalue weighted by Gasteiger charge is 2.33. The van der Waals surface area contributed by atoms with Crippen LogP contribution >= 0.6 is 0 Å². The molecule has 0 bridgehead atoms. The Bertz CT molecular complexity index is 821. The van der Waals surface area contributed by atoms with Crippen molar-refractivity contribution in [2.24, 2.45) is 5.41 Å². The van der Waals surface area contributed by atoms with Gasteiger partial charge in [-0.1, -0.05) is 25.3 Å². The lowest BCUT2D eigenvalue weighted by molar-refractivity contribution is 0.0338. The molecule has 1 saturated carbocycles. The third kappa shape index (κ3) is 6.35. The number of piperidine rings is 1. The number of ether oxygens (including phenoxy) is 1. The highest BCUT2D eigenvalue weighted by atomic mass is 16.5. The molecule has 0 amide bonds. The van der Waals surface area contributed by atoms with Gasteiger partial charge in [-0.25, -0.2) is 9.78 Å². The van der Waals surface area contributed by atoms with E-state index in [9.17, 15) is 4.79 Å². The van der Waals surface area contributed by atoms with Gasteiger partial charge in [0, 0.05) is 25.3 Å². The Labute approximate surface area is 191 Å². The molecule has 1 aliphatic carbocycles. The molecule has 4 rings (SSSR count). The van der Waals surface area contributed by atoms with Gasteiger partial charge >= 0.3 is 5.97 Å². The molecule has 32 heavy (non-hydrogen) atoms. The van der Waals surface area contributed by atoms with Crippen LogP contribution in [0.3, 0.4) is 0 Å². The van der Waals surface area contributed by atoms with Crippen molar-refractivity contribution >= 4 is 11.8 Å². The summed E-state index contributed by atoms with van der Waals surface area (Å²) in [4.78, 5) is 19.2. The van der Waals surface area contributed by atoms with Crippen LogP contribution in [-0.4, -0.2) is 48.1 Å². The van der Waals surface area contributed by atoms with E-state index in [1.54, 1.807) is 12.1 Å². The molecule has 0 spiro atoms. The summed E-state index contributed by atoms with van der Waals surface area (Å²) in [5.74, 6) is 0.929. The number of pyridine rings is 1. The van der Waals surface area contributed by atoms with Crippen molar-refractivity contribution in [1.29, 1.82) is 0 Å². The van der Waals surface area contributed by atoms with E-state index in [0.717, 1.165) is 44.7 Å². The SMILES string of the molecule is Cc1ccc(NC2CCN(CCC3(CCOC(=O)c4ccco4)CCCCC3)CC2)nc1. The Morgan fingerprint density at radius 1 is 1.19 bits per heavy atom. The highest BCUT2D eigenvalue weighted by Crippen LogP contribution is 2.42. The Morgan fingerprint density at radius 3 is 2.69 bits per heavy atom. The molecule has 0 unspecified atom stereocenters. The van der Waals surface area contributed by atoms with Crippen LogP contribution in [0.2, 0.25) is 0 Å². The highest BCUT2D eigenvalue weighted by molar-refractivity contribution is 5.86. The van der Waals surface area contributed by atoms with Gasteiger partial charge < -0.3 is 19.4 Å². The number of aromatic nitrogens is 1. The lowest BCUT2D eigenvalue weighted by Crippen LogP contribution is -2.41. The average Bonchev–Trinajstić information content (AvgIpc) is 3.36. The zero-order valence-corrected chi connectivity index (χ0v) is 19.4. The van der Waals surface area contributed by atoms with Crippen molar-refractivity contribution in [3.05, 3.63) is 48.0 Å². The summed E-state index contributed by atoms with van der Waals surface area (Å²) in [6, 6.07) is 8.07. The average molecular weight is 440 g/mol. The summed E-state index contributed by atoms with van der Waals surface area (Å²) < 4.78 is 10.7.